The summed E-state index contributed by atoms with van der Waals surface area (Å²) in [6.45, 7) is 2.14. The minimum Gasteiger partial charge on any atom is -0.468 e. The minimum absolute atomic E-state index is 0.361. The number of hydrogen-bond acceptors (Lipinski definition) is 3. The van der Waals surface area contributed by atoms with E-state index < -0.39 is 5.41 Å². The highest BCUT2D eigenvalue weighted by Crippen LogP contribution is 2.47. The summed E-state index contributed by atoms with van der Waals surface area (Å²) >= 11 is 0. The second-order valence-electron chi connectivity index (χ2n) is 4.18. The zero-order chi connectivity index (χ0) is 10.6. The van der Waals surface area contributed by atoms with Crippen molar-refractivity contribution in [2.75, 3.05) is 7.11 Å². The third kappa shape index (κ3) is 1.97. The molecule has 0 radical (unpaired) electrons. The number of unbranched alkanes of at least 4 members (excludes halogenated alkanes) is 1. The van der Waals surface area contributed by atoms with Crippen molar-refractivity contribution in [3.8, 4) is 0 Å². The molecule has 0 aliphatic heterocycles. The molecule has 0 saturated heterocycles. The lowest BCUT2D eigenvalue weighted by atomic mass is 9.61. The molecule has 0 unspecified atom stereocenters. The quantitative estimate of drug-likeness (QED) is 0.385. The maximum Gasteiger partial charge on any atom is 0.319 e. The maximum atomic E-state index is 11.3. The fourth-order valence-corrected chi connectivity index (χ4v) is 2.18. The van der Waals surface area contributed by atoms with Crippen molar-refractivity contribution in [3.05, 3.63) is 0 Å². The van der Waals surface area contributed by atoms with E-state index in [-0.39, 0.29) is 5.97 Å². The molecule has 0 heterocycles. The first kappa shape index (κ1) is 11.2. The van der Waals surface area contributed by atoms with Crippen LogP contribution < -0.4 is 0 Å². The van der Waals surface area contributed by atoms with Crippen LogP contribution in [0.1, 0.15) is 39.0 Å². The monoisotopic (exact) mass is 198 g/mol. The van der Waals surface area contributed by atoms with Crippen molar-refractivity contribution >= 4 is 12.3 Å². The van der Waals surface area contributed by atoms with Crippen LogP contribution in [0.2, 0.25) is 0 Å². The lowest BCUT2D eigenvalue weighted by Crippen LogP contribution is -2.45. The molecule has 1 saturated carbocycles. The molecule has 14 heavy (non-hydrogen) atoms. The van der Waals surface area contributed by atoms with Crippen LogP contribution >= 0.6 is 0 Å². The Hall–Kier alpha value is -0.860. The van der Waals surface area contributed by atoms with E-state index in [0.717, 1.165) is 12.7 Å². The number of methoxy groups -OCH3 is 1. The van der Waals surface area contributed by atoms with E-state index >= 15 is 0 Å². The molecular weight excluding hydrogens is 180 g/mol. The van der Waals surface area contributed by atoms with Crippen molar-refractivity contribution in [1.82, 2.24) is 0 Å². The van der Waals surface area contributed by atoms with Crippen molar-refractivity contribution in [3.63, 3.8) is 0 Å². The van der Waals surface area contributed by atoms with E-state index in [1.807, 2.05) is 0 Å². The molecule has 0 aromatic rings. The van der Waals surface area contributed by atoms with Gasteiger partial charge in [-0.1, -0.05) is 26.2 Å². The summed E-state index contributed by atoms with van der Waals surface area (Å²) in [7, 11) is 1.34. The Kier molecular flexibility index (Phi) is 3.67. The second-order valence-corrected chi connectivity index (χ2v) is 4.18. The normalized spacial score (nSPS) is 30.6. The summed E-state index contributed by atoms with van der Waals surface area (Å²) in [5.41, 5.74) is -0.798. The summed E-state index contributed by atoms with van der Waals surface area (Å²) in [4.78, 5) is 22.1. The van der Waals surface area contributed by atoms with Gasteiger partial charge < -0.3 is 9.53 Å². The van der Waals surface area contributed by atoms with Gasteiger partial charge in [0.15, 0.2) is 0 Å². The molecule has 3 heteroatoms. The molecule has 1 aliphatic rings. The minimum atomic E-state index is -0.798. The van der Waals surface area contributed by atoms with Gasteiger partial charge >= 0.3 is 5.97 Å². The number of hydrogen-bond donors (Lipinski definition) is 0. The van der Waals surface area contributed by atoms with Gasteiger partial charge in [0.1, 0.15) is 11.7 Å². The first-order valence-electron chi connectivity index (χ1n) is 5.23. The predicted octanol–water partition coefficient (Wildman–Crippen LogP) is 1.94. The van der Waals surface area contributed by atoms with Gasteiger partial charge in [-0.25, -0.2) is 0 Å². The lowest BCUT2D eigenvalue weighted by Gasteiger charge is -2.41. The molecule has 0 aromatic carbocycles. The zero-order valence-electron chi connectivity index (χ0n) is 8.91. The highest BCUT2D eigenvalue weighted by atomic mass is 16.5. The SMILES string of the molecule is CCCCC1CC(C=O)(C(=O)OC)C1. The van der Waals surface area contributed by atoms with Crippen molar-refractivity contribution < 1.29 is 14.3 Å². The molecule has 0 N–H and O–H groups in total. The van der Waals surface area contributed by atoms with Gasteiger partial charge in [-0.05, 0) is 18.8 Å². The second kappa shape index (κ2) is 4.58. The van der Waals surface area contributed by atoms with Crippen LogP contribution in [0.15, 0.2) is 0 Å². The van der Waals surface area contributed by atoms with E-state index in [0.29, 0.717) is 18.8 Å². The summed E-state index contributed by atoms with van der Waals surface area (Å²) in [6, 6.07) is 0. The van der Waals surface area contributed by atoms with Crippen LogP contribution in [0, 0.1) is 11.3 Å². The van der Waals surface area contributed by atoms with Gasteiger partial charge in [0, 0.05) is 0 Å². The molecule has 0 spiro atoms. The summed E-state index contributed by atoms with van der Waals surface area (Å²) in [5, 5.41) is 0. The van der Waals surface area contributed by atoms with Crippen LogP contribution in [0.5, 0.6) is 0 Å². The molecule has 3 nitrogen and oxygen atoms in total. The Bertz CT molecular complexity index is 217. The number of carbonyl (C=O) groups excluding carboxylic acids is 2. The fraction of sp³-hybridized carbons (Fsp3) is 0.818. The van der Waals surface area contributed by atoms with E-state index in [2.05, 4.69) is 11.7 Å². The Balaban J connectivity index is 2.40. The Morgan fingerprint density at radius 1 is 1.57 bits per heavy atom. The first-order valence-corrected chi connectivity index (χ1v) is 5.23. The van der Waals surface area contributed by atoms with Gasteiger partial charge in [0.25, 0.3) is 0 Å². The van der Waals surface area contributed by atoms with Crippen LogP contribution in [-0.4, -0.2) is 19.4 Å². The van der Waals surface area contributed by atoms with Crippen LogP contribution in [0.3, 0.4) is 0 Å². The Morgan fingerprint density at radius 3 is 2.64 bits per heavy atom. The molecule has 80 valence electrons. The maximum absolute atomic E-state index is 11.3. The Labute approximate surface area is 84.8 Å². The average Bonchev–Trinajstić information content (AvgIpc) is 2.16. The van der Waals surface area contributed by atoms with E-state index in [1.165, 1.54) is 20.0 Å². The molecule has 0 bridgehead atoms. The smallest absolute Gasteiger partial charge is 0.319 e. The molecule has 1 fully saturated rings. The van der Waals surface area contributed by atoms with Crippen LogP contribution in [0.4, 0.5) is 0 Å². The van der Waals surface area contributed by atoms with Crippen LogP contribution in [-0.2, 0) is 14.3 Å². The zero-order valence-corrected chi connectivity index (χ0v) is 8.91. The largest absolute Gasteiger partial charge is 0.468 e. The predicted molar refractivity (Wildman–Crippen MR) is 52.8 cm³/mol. The third-order valence-corrected chi connectivity index (χ3v) is 3.09. The van der Waals surface area contributed by atoms with Crippen molar-refractivity contribution in [2.45, 2.75) is 39.0 Å². The molecule has 0 amide bonds. The third-order valence-electron chi connectivity index (χ3n) is 3.09. The van der Waals surface area contributed by atoms with Crippen molar-refractivity contribution in [2.24, 2.45) is 11.3 Å². The van der Waals surface area contributed by atoms with Gasteiger partial charge in [-0.2, -0.15) is 0 Å². The highest BCUT2D eigenvalue weighted by Gasteiger charge is 2.50. The van der Waals surface area contributed by atoms with Gasteiger partial charge in [0.2, 0.25) is 0 Å². The highest BCUT2D eigenvalue weighted by molar-refractivity contribution is 5.94. The number of aldehydes is 1. The van der Waals surface area contributed by atoms with E-state index in [4.69, 9.17) is 0 Å². The standard InChI is InChI=1S/C11H18O3/c1-3-4-5-9-6-11(7-9,8-12)10(13)14-2/h8-9H,3-7H2,1-2H3. The fourth-order valence-electron chi connectivity index (χ4n) is 2.18. The molecule has 1 aliphatic carbocycles. The van der Waals surface area contributed by atoms with Gasteiger partial charge in [-0.3, -0.25) is 4.79 Å². The summed E-state index contributed by atoms with van der Waals surface area (Å²) in [6.07, 6.45) is 5.61. The molecule has 0 atom stereocenters. The average molecular weight is 198 g/mol. The van der Waals surface area contributed by atoms with Crippen LogP contribution in [0.25, 0.3) is 0 Å². The molecule has 1 rings (SSSR count). The lowest BCUT2D eigenvalue weighted by molar-refractivity contribution is -0.163. The number of esters is 1. The van der Waals surface area contributed by atoms with Gasteiger partial charge in [0.05, 0.1) is 7.11 Å². The molecular formula is C11H18O3. The topological polar surface area (TPSA) is 43.4 Å². The van der Waals surface area contributed by atoms with Gasteiger partial charge in [-0.15, -0.1) is 0 Å². The first-order chi connectivity index (χ1) is 6.68. The number of ether oxygens (including phenoxy) is 1. The Morgan fingerprint density at radius 2 is 2.21 bits per heavy atom. The number of carbonyl (C=O) groups is 2. The van der Waals surface area contributed by atoms with E-state index in [9.17, 15) is 9.59 Å². The molecule has 0 aromatic heterocycles. The van der Waals surface area contributed by atoms with Crippen molar-refractivity contribution in [1.29, 1.82) is 0 Å². The summed E-state index contributed by atoms with van der Waals surface area (Å²) < 4.78 is 4.63. The summed E-state index contributed by atoms with van der Waals surface area (Å²) in [5.74, 6) is 0.180. The van der Waals surface area contributed by atoms with E-state index in [1.54, 1.807) is 0 Å². The number of rotatable bonds is 5.